The first-order chi connectivity index (χ1) is 9.51. The maximum Gasteiger partial charge on any atom is 0.257 e. The molecular formula is C14H12ClFN2O2. The van der Waals surface area contributed by atoms with Crippen LogP contribution in [0.4, 0.5) is 15.8 Å². The van der Waals surface area contributed by atoms with E-state index in [2.05, 4.69) is 5.32 Å². The summed E-state index contributed by atoms with van der Waals surface area (Å²) in [6.45, 7) is 0. The molecule has 0 saturated heterocycles. The Hall–Kier alpha value is -2.27. The standard InChI is InChI=1S/C14H12ClFN2O2/c1-20-13-5-3-9(17)7-12(13)18-14(19)10-4-2-8(16)6-11(10)15/h2-7H,17H2,1H3,(H,18,19). The quantitative estimate of drug-likeness (QED) is 0.854. The van der Waals surface area contributed by atoms with Crippen LogP contribution in [0.25, 0.3) is 0 Å². The van der Waals surface area contributed by atoms with E-state index in [1.165, 1.54) is 13.2 Å². The Bertz CT molecular complexity index is 662. The average molecular weight is 295 g/mol. The molecule has 104 valence electrons. The van der Waals surface area contributed by atoms with Gasteiger partial charge in [0.15, 0.2) is 0 Å². The summed E-state index contributed by atoms with van der Waals surface area (Å²) in [6.07, 6.45) is 0. The minimum atomic E-state index is -0.506. The summed E-state index contributed by atoms with van der Waals surface area (Å²) in [6, 6.07) is 8.40. The molecule has 0 saturated carbocycles. The van der Waals surface area contributed by atoms with Gasteiger partial charge in [-0.2, -0.15) is 0 Å². The third-order valence-electron chi connectivity index (χ3n) is 2.65. The molecule has 0 fully saturated rings. The van der Waals surface area contributed by atoms with Crippen LogP contribution in [0.15, 0.2) is 36.4 Å². The Balaban J connectivity index is 2.30. The molecule has 0 aromatic heterocycles. The number of benzene rings is 2. The first kappa shape index (κ1) is 14.1. The van der Waals surface area contributed by atoms with Crippen LogP contribution in [0, 0.1) is 5.82 Å². The summed E-state index contributed by atoms with van der Waals surface area (Å²) in [4.78, 5) is 12.1. The normalized spacial score (nSPS) is 10.2. The van der Waals surface area contributed by atoms with Crippen molar-refractivity contribution in [2.75, 3.05) is 18.2 Å². The molecule has 0 aliphatic heterocycles. The zero-order valence-electron chi connectivity index (χ0n) is 10.6. The molecule has 0 spiro atoms. The maximum absolute atomic E-state index is 13.0. The molecule has 2 rings (SSSR count). The Labute approximate surface area is 120 Å². The van der Waals surface area contributed by atoms with Crippen molar-refractivity contribution in [1.82, 2.24) is 0 Å². The number of rotatable bonds is 3. The van der Waals surface area contributed by atoms with Crippen molar-refractivity contribution in [1.29, 1.82) is 0 Å². The smallest absolute Gasteiger partial charge is 0.257 e. The van der Waals surface area contributed by atoms with Gasteiger partial charge in [0.25, 0.3) is 5.91 Å². The van der Waals surface area contributed by atoms with E-state index in [0.717, 1.165) is 12.1 Å². The van der Waals surface area contributed by atoms with Gasteiger partial charge in [-0.25, -0.2) is 4.39 Å². The van der Waals surface area contributed by atoms with Crippen molar-refractivity contribution in [3.05, 3.63) is 52.8 Å². The lowest BCUT2D eigenvalue weighted by Gasteiger charge is -2.11. The highest BCUT2D eigenvalue weighted by atomic mass is 35.5. The van der Waals surface area contributed by atoms with Gasteiger partial charge in [-0.05, 0) is 36.4 Å². The second-order valence-corrected chi connectivity index (χ2v) is 4.45. The summed E-state index contributed by atoms with van der Waals surface area (Å²) >= 11 is 5.84. The van der Waals surface area contributed by atoms with Gasteiger partial charge in [0, 0.05) is 5.69 Å². The number of amides is 1. The van der Waals surface area contributed by atoms with Gasteiger partial charge in [-0.15, -0.1) is 0 Å². The Morgan fingerprint density at radius 3 is 2.70 bits per heavy atom. The van der Waals surface area contributed by atoms with Crippen molar-refractivity contribution in [2.24, 2.45) is 0 Å². The zero-order valence-corrected chi connectivity index (χ0v) is 11.4. The fourth-order valence-electron chi connectivity index (χ4n) is 1.69. The van der Waals surface area contributed by atoms with E-state index in [9.17, 15) is 9.18 Å². The number of hydrogen-bond donors (Lipinski definition) is 2. The summed E-state index contributed by atoms with van der Waals surface area (Å²) in [5, 5.41) is 2.66. The van der Waals surface area contributed by atoms with E-state index in [1.807, 2.05) is 0 Å². The molecule has 0 unspecified atom stereocenters. The summed E-state index contributed by atoms with van der Waals surface area (Å²) in [5.41, 5.74) is 6.72. The highest BCUT2D eigenvalue weighted by Crippen LogP contribution is 2.28. The number of nitrogens with one attached hydrogen (secondary N) is 1. The lowest BCUT2D eigenvalue weighted by Crippen LogP contribution is -2.13. The minimum absolute atomic E-state index is 0.0327. The number of anilines is 2. The highest BCUT2D eigenvalue weighted by molar-refractivity contribution is 6.34. The topological polar surface area (TPSA) is 64.3 Å². The molecule has 2 aromatic rings. The van der Waals surface area contributed by atoms with E-state index >= 15 is 0 Å². The van der Waals surface area contributed by atoms with Crippen LogP contribution in [0.5, 0.6) is 5.75 Å². The molecule has 0 bridgehead atoms. The van der Waals surface area contributed by atoms with E-state index in [4.69, 9.17) is 22.1 Å². The molecule has 0 atom stereocenters. The lowest BCUT2D eigenvalue weighted by molar-refractivity contribution is 0.102. The Morgan fingerprint density at radius 1 is 1.30 bits per heavy atom. The molecule has 1 amide bonds. The molecule has 3 N–H and O–H groups in total. The molecule has 20 heavy (non-hydrogen) atoms. The number of ether oxygens (including phenoxy) is 1. The Morgan fingerprint density at radius 2 is 2.05 bits per heavy atom. The third-order valence-corrected chi connectivity index (χ3v) is 2.96. The predicted octanol–water partition coefficient (Wildman–Crippen LogP) is 3.32. The number of hydrogen-bond acceptors (Lipinski definition) is 3. The number of nitrogens with two attached hydrogens (primary N) is 1. The van der Waals surface area contributed by atoms with Crippen LogP contribution in [-0.4, -0.2) is 13.0 Å². The van der Waals surface area contributed by atoms with E-state index in [1.54, 1.807) is 18.2 Å². The lowest BCUT2D eigenvalue weighted by atomic mass is 10.2. The van der Waals surface area contributed by atoms with E-state index in [-0.39, 0.29) is 10.6 Å². The molecule has 0 aliphatic rings. The number of halogens is 2. The summed E-state index contributed by atoms with van der Waals surface area (Å²) in [5.74, 6) is -0.516. The van der Waals surface area contributed by atoms with Gasteiger partial charge in [0.05, 0.1) is 23.4 Å². The van der Waals surface area contributed by atoms with Gasteiger partial charge < -0.3 is 15.8 Å². The first-order valence-corrected chi connectivity index (χ1v) is 6.09. The summed E-state index contributed by atoms with van der Waals surface area (Å²) in [7, 11) is 1.48. The fourth-order valence-corrected chi connectivity index (χ4v) is 1.94. The van der Waals surface area contributed by atoms with Crippen molar-refractivity contribution < 1.29 is 13.9 Å². The highest BCUT2D eigenvalue weighted by Gasteiger charge is 2.13. The molecule has 2 aromatic carbocycles. The van der Waals surface area contributed by atoms with Crippen LogP contribution in [0.1, 0.15) is 10.4 Å². The van der Waals surface area contributed by atoms with Crippen molar-refractivity contribution in [3.8, 4) is 5.75 Å². The number of methoxy groups -OCH3 is 1. The maximum atomic E-state index is 13.0. The predicted molar refractivity (Wildman–Crippen MR) is 76.8 cm³/mol. The van der Waals surface area contributed by atoms with Gasteiger partial charge in [0.1, 0.15) is 11.6 Å². The molecule has 0 aliphatic carbocycles. The molecule has 0 radical (unpaired) electrons. The van der Waals surface area contributed by atoms with Crippen LogP contribution < -0.4 is 15.8 Å². The van der Waals surface area contributed by atoms with Crippen LogP contribution in [0.2, 0.25) is 5.02 Å². The largest absolute Gasteiger partial charge is 0.495 e. The van der Waals surface area contributed by atoms with E-state index < -0.39 is 11.7 Å². The third kappa shape index (κ3) is 3.00. The summed E-state index contributed by atoms with van der Waals surface area (Å²) < 4.78 is 18.1. The molecule has 4 nitrogen and oxygen atoms in total. The Kier molecular flexibility index (Phi) is 4.10. The second kappa shape index (κ2) is 5.79. The monoisotopic (exact) mass is 294 g/mol. The van der Waals surface area contributed by atoms with Crippen molar-refractivity contribution in [3.63, 3.8) is 0 Å². The van der Waals surface area contributed by atoms with Gasteiger partial charge in [-0.1, -0.05) is 11.6 Å². The zero-order chi connectivity index (χ0) is 14.7. The second-order valence-electron chi connectivity index (χ2n) is 4.04. The molecule has 0 heterocycles. The van der Waals surface area contributed by atoms with Crippen LogP contribution >= 0.6 is 11.6 Å². The number of carbonyl (C=O) groups excluding carboxylic acids is 1. The number of nitrogen functional groups attached to an aromatic ring is 1. The first-order valence-electron chi connectivity index (χ1n) is 5.71. The van der Waals surface area contributed by atoms with Crippen LogP contribution in [-0.2, 0) is 0 Å². The molecule has 6 heteroatoms. The van der Waals surface area contributed by atoms with Crippen molar-refractivity contribution >= 4 is 28.9 Å². The van der Waals surface area contributed by atoms with Crippen LogP contribution in [0.3, 0.4) is 0 Å². The average Bonchev–Trinajstić information content (AvgIpc) is 2.38. The van der Waals surface area contributed by atoms with Gasteiger partial charge in [-0.3, -0.25) is 4.79 Å². The van der Waals surface area contributed by atoms with E-state index in [0.29, 0.717) is 17.1 Å². The minimum Gasteiger partial charge on any atom is -0.495 e. The SMILES string of the molecule is COc1ccc(N)cc1NC(=O)c1ccc(F)cc1Cl. The van der Waals surface area contributed by atoms with Crippen molar-refractivity contribution in [2.45, 2.75) is 0 Å². The van der Waals surface area contributed by atoms with Gasteiger partial charge in [0.2, 0.25) is 0 Å². The fraction of sp³-hybridized carbons (Fsp3) is 0.0714. The number of carbonyl (C=O) groups is 1. The van der Waals surface area contributed by atoms with Gasteiger partial charge >= 0.3 is 0 Å². The molecular weight excluding hydrogens is 283 g/mol.